The van der Waals surface area contributed by atoms with Crippen molar-refractivity contribution < 1.29 is 9.47 Å². The molecule has 0 aliphatic carbocycles. The minimum Gasteiger partial charge on any atom is -0.385 e. The molecule has 0 aromatic heterocycles. The van der Waals surface area contributed by atoms with Crippen LogP contribution in [-0.2, 0) is 9.47 Å². The summed E-state index contributed by atoms with van der Waals surface area (Å²) in [4.78, 5) is 0. The van der Waals surface area contributed by atoms with Gasteiger partial charge in [0.2, 0.25) is 0 Å². The van der Waals surface area contributed by atoms with Crippen LogP contribution in [0.2, 0.25) is 5.02 Å². The molecular formula is C13H20ClNO2. The van der Waals surface area contributed by atoms with Gasteiger partial charge in [0, 0.05) is 31.0 Å². The molecule has 1 aromatic rings. The molecule has 0 spiro atoms. The molecule has 0 atom stereocenters. The van der Waals surface area contributed by atoms with E-state index >= 15 is 0 Å². The summed E-state index contributed by atoms with van der Waals surface area (Å²) >= 11 is 5.89. The Morgan fingerprint density at radius 1 is 1.24 bits per heavy atom. The molecule has 0 unspecified atom stereocenters. The van der Waals surface area contributed by atoms with Gasteiger partial charge in [-0.25, -0.2) is 0 Å². The van der Waals surface area contributed by atoms with Crippen molar-refractivity contribution in [3.8, 4) is 0 Å². The van der Waals surface area contributed by atoms with Crippen molar-refractivity contribution in [2.24, 2.45) is 0 Å². The largest absolute Gasteiger partial charge is 0.385 e. The van der Waals surface area contributed by atoms with Gasteiger partial charge in [-0.15, -0.1) is 0 Å². The second kappa shape index (κ2) is 8.34. The average Bonchev–Trinajstić information content (AvgIpc) is 2.30. The molecule has 1 N–H and O–H groups in total. The van der Waals surface area contributed by atoms with Crippen LogP contribution in [0, 0.1) is 6.92 Å². The minimum atomic E-state index is 0.656. The summed E-state index contributed by atoms with van der Waals surface area (Å²) in [5, 5.41) is 4.14. The van der Waals surface area contributed by atoms with E-state index in [0.29, 0.717) is 13.2 Å². The third kappa shape index (κ3) is 5.91. The molecule has 0 aliphatic heterocycles. The molecule has 0 heterocycles. The fourth-order valence-corrected chi connectivity index (χ4v) is 1.69. The second-order valence-corrected chi connectivity index (χ2v) is 4.28. The van der Waals surface area contributed by atoms with Crippen LogP contribution < -0.4 is 5.32 Å². The van der Waals surface area contributed by atoms with Crippen LogP contribution in [0.25, 0.3) is 0 Å². The first-order chi connectivity index (χ1) is 8.24. The predicted octanol–water partition coefficient (Wildman–Crippen LogP) is 3.11. The molecule has 1 rings (SSSR count). The number of aryl methyl sites for hydroxylation is 1. The molecule has 0 saturated heterocycles. The number of methoxy groups -OCH3 is 1. The van der Waals surface area contributed by atoms with Crippen molar-refractivity contribution >= 4 is 17.3 Å². The summed E-state index contributed by atoms with van der Waals surface area (Å²) in [6.45, 7) is 5.02. The average molecular weight is 258 g/mol. The first-order valence-electron chi connectivity index (χ1n) is 5.80. The standard InChI is InChI=1S/C13H20ClNO2/c1-11-10-12(14)4-5-13(11)15-6-3-7-17-9-8-16-2/h4-5,10,15H,3,6-9H2,1-2H3. The van der Waals surface area contributed by atoms with E-state index in [4.69, 9.17) is 21.1 Å². The Balaban J connectivity index is 2.14. The Kier molecular flexibility index (Phi) is 7.01. The highest BCUT2D eigenvalue weighted by Gasteiger charge is 1.98. The summed E-state index contributed by atoms with van der Waals surface area (Å²) in [6.07, 6.45) is 0.978. The number of halogens is 1. The van der Waals surface area contributed by atoms with E-state index in [0.717, 1.165) is 35.8 Å². The van der Waals surface area contributed by atoms with E-state index in [1.54, 1.807) is 7.11 Å². The highest BCUT2D eigenvalue weighted by molar-refractivity contribution is 6.30. The molecule has 0 aliphatic rings. The van der Waals surface area contributed by atoms with Crippen LogP contribution in [-0.4, -0.2) is 33.5 Å². The molecule has 4 heteroatoms. The maximum Gasteiger partial charge on any atom is 0.0700 e. The van der Waals surface area contributed by atoms with Gasteiger partial charge in [0.25, 0.3) is 0 Å². The predicted molar refractivity (Wildman–Crippen MR) is 72.0 cm³/mol. The quantitative estimate of drug-likeness (QED) is 0.726. The number of hydrogen-bond donors (Lipinski definition) is 1. The van der Waals surface area contributed by atoms with Crippen LogP contribution in [0.5, 0.6) is 0 Å². The van der Waals surface area contributed by atoms with Crippen molar-refractivity contribution in [1.29, 1.82) is 0 Å². The number of rotatable bonds is 8. The second-order valence-electron chi connectivity index (χ2n) is 3.84. The summed E-state index contributed by atoms with van der Waals surface area (Å²) in [6, 6.07) is 5.86. The van der Waals surface area contributed by atoms with Gasteiger partial charge < -0.3 is 14.8 Å². The van der Waals surface area contributed by atoms with Crippen molar-refractivity contribution in [3.63, 3.8) is 0 Å². The molecular weight excluding hydrogens is 238 g/mol. The monoisotopic (exact) mass is 257 g/mol. The van der Waals surface area contributed by atoms with E-state index < -0.39 is 0 Å². The Morgan fingerprint density at radius 2 is 2.06 bits per heavy atom. The van der Waals surface area contributed by atoms with Crippen molar-refractivity contribution in [2.75, 3.05) is 38.8 Å². The number of hydrogen-bond acceptors (Lipinski definition) is 3. The zero-order valence-corrected chi connectivity index (χ0v) is 11.2. The van der Waals surface area contributed by atoms with E-state index in [-0.39, 0.29) is 0 Å². The van der Waals surface area contributed by atoms with Gasteiger partial charge in [0.15, 0.2) is 0 Å². The van der Waals surface area contributed by atoms with Gasteiger partial charge >= 0.3 is 0 Å². The third-order valence-electron chi connectivity index (χ3n) is 2.40. The number of anilines is 1. The molecule has 0 saturated carbocycles. The number of nitrogens with one attached hydrogen (secondary N) is 1. The van der Waals surface area contributed by atoms with Gasteiger partial charge in [-0.3, -0.25) is 0 Å². The lowest BCUT2D eigenvalue weighted by Gasteiger charge is -2.09. The zero-order valence-electron chi connectivity index (χ0n) is 10.5. The third-order valence-corrected chi connectivity index (χ3v) is 2.64. The molecule has 0 bridgehead atoms. The summed E-state index contributed by atoms with van der Waals surface area (Å²) in [7, 11) is 1.67. The Bertz CT molecular complexity index is 331. The van der Waals surface area contributed by atoms with E-state index in [2.05, 4.69) is 5.32 Å². The van der Waals surface area contributed by atoms with E-state index in [1.165, 1.54) is 0 Å². The smallest absolute Gasteiger partial charge is 0.0700 e. The summed E-state index contributed by atoms with van der Waals surface area (Å²) < 4.78 is 10.3. The van der Waals surface area contributed by atoms with Gasteiger partial charge in [-0.1, -0.05) is 11.6 Å². The molecule has 17 heavy (non-hydrogen) atoms. The molecule has 3 nitrogen and oxygen atoms in total. The Labute approximate surface area is 108 Å². The fourth-order valence-electron chi connectivity index (χ4n) is 1.47. The zero-order chi connectivity index (χ0) is 12.5. The van der Waals surface area contributed by atoms with E-state index in [9.17, 15) is 0 Å². The van der Waals surface area contributed by atoms with Crippen molar-refractivity contribution in [3.05, 3.63) is 28.8 Å². The number of benzene rings is 1. The summed E-state index contributed by atoms with van der Waals surface area (Å²) in [5.41, 5.74) is 2.30. The van der Waals surface area contributed by atoms with Crippen LogP contribution in [0.3, 0.4) is 0 Å². The minimum absolute atomic E-state index is 0.656. The van der Waals surface area contributed by atoms with Gasteiger partial charge in [0.1, 0.15) is 0 Å². The van der Waals surface area contributed by atoms with Crippen molar-refractivity contribution in [2.45, 2.75) is 13.3 Å². The van der Waals surface area contributed by atoms with Crippen LogP contribution in [0.1, 0.15) is 12.0 Å². The lowest BCUT2D eigenvalue weighted by Crippen LogP contribution is -2.08. The van der Waals surface area contributed by atoms with Crippen LogP contribution in [0.15, 0.2) is 18.2 Å². The highest BCUT2D eigenvalue weighted by atomic mass is 35.5. The lowest BCUT2D eigenvalue weighted by molar-refractivity contribution is 0.0705. The lowest BCUT2D eigenvalue weighted by atomic mass is 10.2. The molecule has 0 radical (unpaired) electrons. The van der Waals surface area contributed by atoms with Gasteiger partial charge in [-0.05, 0) is 37.1 Å². The molecule has 0 fully saturated rings. The fraction of sp³-hybridized carbons (Fsp3) is 0.538. The van der Waals surface area contributed by atoms with Gasteiger partial charge in [0.05, 0.1) is 13.2 Å². The summed E-state index contributed by atoms with van der Waals surface area (Å²) in [5.74, 6) is 0. The first-order valence-corrected chi connectivity index (χ1v) is 6.18. The Morgan fingerprint density at radius 3 is 2.76 bits per heavy atom. The topological polar surface area (TPSA) is 30.5 Å². The van der Waals surface area contributed by atoms with Crippen LogP contribution in [0.4, 0.5) is 5.69 Å². The highest BCUT2D eigenvalue weighted by Crippen LogP contribution is 2.19. The normalized spacial score (nSPS) is 10.5. The molecule has 0 amide bonds. The maximum atomic E-state index is 5.89. The first kappa shape index (κ1) is 14.3. The van der Waals surface area contributed by atoms with Crippen LogP contribution >= 0.6 is 11.6 Å². The van der Waals surface area contributed by atoms with Crippen molar-refractivity contribution in [1.82, 2.24) is 0 Å². The SMILES string of the molecule is COCCOCCCNc1ccc(Cl)cc1C. The molecule has 1 aromatic carbocycles. The van der Waals surface area contributed by atoms with Gasteiger partial charge in [-0.2, -0.15) is 0 Å². The Hall–Kier alpha value is -0.770. The molecule has 96 valence electrons. The number of ether oxygens (including phenoxy) is 2. The van der Waals surface area contributed by atoms with E-state index in [1.807, 2.05) is 25.1 Å². The maximum absolute atomic E-state index is 5.89.